The zero-order valence-corrected chi connectivity index (χ0v) is 9.21. The Hall–Kier alpha value is -0.0800. The van der Waals surface area contributed by atoms with Crippen LogP contribution in [0.5, 0.6) is 0 Å². The maximum Gasteiger partial charge on any atom is 0.160 e. The van der Waals surface area contributed by atoms with Crippen LogP contribution in [0.2, 0.25) is 0 Å². The third kappa shape index (κ3) is 2.29. The Morgan fingerprint density at radius 3 is 2.50 bits per heavy atom. The summed E-state index contributed by atoms with van der Waals surface area (Å²) in [5.41, 5.74) is 0. The van der Waals surface area contributed by atoms with Crippen LogP contribution in [-0.2, 0) is 9.47 Å². The monoisotopic (exact) mass is 198 g/mol. The first-order valence-corrected chi connectivity index (χ1v) is 6.06. The highest BCUT2D eigenvalue weighted by Crippen LogP contribution is 2.36. The van der Waals surface area contributed by atoms with E-state index in [-0.39, 0.29) is 6.29 Å². The largest absolute Gasteiger partial charge is 0.356 e. The standard InChI is InChI=1S/C12H22O2/c1-13-12-11-8-6-4-2-3-5-7-10(11)9-14-12/h10-12H,2-9H2,1H3/t10-,11-,12-/m1/s1. The van der Waals surface area contributed by atoms with Gasteiger partial charge in [0.1, 0.15) is 0 Å². The van der Waals surface area contributed by atoms with Gasteiger partial charge in [0.15, 0.2) is 6.29 Å². The fourth-order valence-electron chi connectivity index (χ4n) is 2.92. The van der Waals surface area contributed by atoms with Gasteiger partial charge in [0, 0.05) is 13.0 Å². The molecule has 82 valence electrons. The van der Waals surface area contributed by atoms with E-state index < -0.39 is 0 Å². The Kier molecular flexibility index (Phi) is 3.82. The molecule has 0 spiro atoms. The van der Waals surface area contributed by atoms with Gasteiger partial charge in [-0.25, -0.2) is 0 Å². The van der Waals surface area contributed by atoms with Gasteiger partial charge in [-0.3, -0.25) is 0 Å². The van der Waals surface area contributed by atoms with E-state index in [4.69, 9.17) is 9.47 Å². The predicted molar refractivity (Wildman–Crippen MR) is 56.0 cm³/mol. The van der Waals surface area contributed by atoms with Crippen LogP contribution in [-0.4, -0.2) is 20.0 Å². The lowest BCUT2D eigenvalue weighted by molar-refractivity contribution is -0.111. The second kappa shape index (κ2) is 5.13. The van der Waals surface area contributed by atoms with Gasteiger partial charge in [-0.2, -0.15) is 0 Å². The topological polar surface area (TPSA) is 18.5 Å². The molecule has 1 aliphatic heterocycles. The van der Waals surface area contributed by atoms with Gasteiger partial charge in [0.25, 0.3) is 0 Å². The molecule has 2 nitrogen and oxygen atoms in total. The molecule has 2 heteroatoms. The molecule has 0 unspecified atom stereocenters. The quantitative estimate of drug-likeness (QED) is 0.645. The minimum absolute atomic E-state index is 0.0955. The highest BCUT2D eigenvalue weighted by Gasteiger charge is 2.36. The molecule has 14 heavy (non-hydrogen) atoms. The average Bonchev–Trinajstić information content (AvgIpc) is 2.61. The van der Waals surface area contributed by atoms with Crippen molar-refractivity contribution in [1.82, 2.24) is 0 Å². The average molecular weight is 198 g/mol. The first kappa shape index (κ1) is 10.4. The van der Waals surface area contributed by atoms with Gasteiger partial charge in [-0.05, 0) is 18.8 Å². The normalized spacial score (nSPS) is 39.6. The first-order valence-electron chi connectivity index (χ1n) is 6.06. The molecule has 0 aromatic heterocycles. The van der Waals surface area contributed by atoms with Gasteiger partial charge >= 0.3 is 0 Å². The highest BCUT2D eigenvalue weighted by molar-refractivity contribution is 4.80. The van der Waals surface area contributed by atoms with Crippen molar-refractivity contribution in [3.63, 3.8) is 0 Å². The van der Waals surface area contributed by atoms with Crippen molar-refractivity contribution < 1.29 is 9.47 Å². The number of hydrogen-bond acceptors (Lipinski definition) is 2. The number of ether oxygens (including phenoxy) is 2. The van der Waals surface area contributed by atoms with E-state index in [1.54, 1.807) is 7.11 Å². The van der Waals surface area contributed by atoms with Crippen molar-refractivity contribution in [3.8, 4) is 0 Å². The Balaban J connectivity index is 1.94. The van der Waals surface area contributed by atoms with Gasteiger partial charge in [-0.1, -0.05) is 32.1 Å². The molecule has 1 aliphatic carbocycles. The summed E-state index contributed by atoms with van der Waals surface area (Å²) in [6, 6.07) is 0. The Morgan fingerprint density at radius 2 is 1.71 bits per heavy atom. The molecule has 0 bridgehead atoms. The van der Waals surface area contributed by atoms with Crippen molar-refractivity contribution in [2.45, 2.75) is 51.2 Å². The van der Waals surface area contributed by atoms with Crippen molar-refractivity contribution in [1.29, 1.82) is 0 Å². The number of rotatable bonds is 1. The van der Waals surface area contributed by atoms with Crippen LogP contribution in [0.1, 0.15) is 44.9 Å². The van der Waals surface area contributed by atoms with Crippen LogP contribution in [0, 0.1) is 11.8 Å². The smallest absolute Gasteiger partial charge is 0.160 e. The summed E-state index contributed by atoms with van der Waals surface area (Å²) in [4.78, 5) is 0. The number of hydrogen-bond donors (Lipinski definition) is 0. The lowest BCUT2D eigenvalue weighted by Gasteiger charge is -2.20. The van der Waals surface area contributed by atoms with E-state index in [2.05, 4.69) is 0 Å². The van der Waals surface area contributed by atoms with Crippen molar-refractivity contribution in [2.75, 3.05) is 13.7 Å². The summed E-state index contributed by atoms with van der Waals surface area (Å²) in [6.07, 6.45) is 9.76. The molecule has 3 atom stereocenters. The molecule has 2 fully saturated rings. The fourth-order valence-corrected chi connectivity index (χ4v) is 2.92. The van der Waals surface area contributed by atoms with Crippen LogP contribution in [0.4, 0.5) is 0 Å². The van der Waals surface area contributed by atoms with E-state index in [9.17, 15) is 0 Å². The third-order valence-electron chi connectivity index (χ3n) is 3.77. The van der Waals surface area contributed by atoms with Gasteiger partial charge in [0.2, 0.25) is 0 Å². The minimum atomic E-state index is 0.0955. The van der Waals surface area contributed by atoms with E-state index in [1.807, 2.05) is 0 Å². The Bertz CT molecular complexity index is 170. The summed E-state index contributed by atoms with van der Waals surface area (Å²) in [6.45, 7) is 0.934. The van der Waals surface area contributed by atoms with E-state index in [1.165, 1.54) is 44.9 Å². The molecular weight excluding hydrogens is 176 g/mol. The molecule has 1 saturated heterocycles. The third-order valence-corrected chi connectivity index (χ3v) is 3.77. The van der Waals surface area contributed by atoms with Gasteiger partial charge < -0.3 is 9.47 Å². The van der Waals surface area contributed by atoms with Crippen LogP contribution >= 0.6 is 0 Å². The lowest BCUT2D eigenvalue weighted by Crippen LogP contribution is -2.22. The second-order valence-corrected chi connectivity index (χ2v) is 4.71. The minimum Gasteiger partial charge on any atom is -0.356 e. The van der Waals surface area contributed by atoms with Crippen molar-refractivity contribution in [3.05, 3.63) is 0 Å². The zero-order valence-electron chi connectivity index (χ0n) is 9.21. The molecule has 0 aromatic rings. The van der Waals surface area contributed by atoms with Crippen LogP contribution in [0.25, 0.3) is 0 Å². The first-order chi connectivity index (χ1) is 6.92. The summed E-state index contributed by atoms with van der Waals surface area (Å²) in [5, 5.41) is 0. The van der Waals surface area contributed by atoms with E-state index >= 15 is 0 Å². The second-order valence-electron chi connectivity index (χ2n) is 4.71. The van der Waals surface area contributed by atoms with Crippen LogP contribution < -0.4 is 0 Å². The summed E-state index contributed by atoms with van der Waals surface area (Å²) in [5.74, 6) is 1.45. The number of methoxy groups -OCH3 is 1. The van der Waals surface area contributed by atoms with Crippen molar-refractivity contribution >= 4 is 0 Å². The SMILES string of the molecule is CO[C@@H]1OC[C@H]2CCCCCCC[C@H]21. The summed E-state index contributed by atoms with van der Waals surface area (Å²) < 4.78 is 11.1. The summed E-state index contributed by atoms with van der Waals surface area (Å²) >= 11 is 0. The fraction of sp³-hybridized carbons (Fsp3) is 1.00. The highest BCUT2D eigenvalue weighted by atomic mass is 16.7. The van der Waals surface area contributed by atoms with Crippen LogP contribution in [0.15, 0.2) is 0 Å². The number of fused-ring (bicyclic) bond motifs is 1. The molecule has 2 rings (SSSR count). The lowest BCUT2D eigenvalue weighted by atomic mass is 9.87. The van der Waals surface area contributed by atoms with Gasteiger partial charge in [0.05, 0.1) is 6.61 Å². The van der Waals surface area contributed by atoms with Crippen molar-refractivity contribution in [2.24, 2.45) is 11.8 Å². The van der Waals surface area contributed by atoms with E-state index in [0.29, 0.717) is 5.92 Å². The molecule has 0 N–H and O–H groups in total. The molecule has 2 aliphatic rings. The Morgan fingerprint density at radius 1 is 1.00 bits per heavy atom. The predicted octanol–water partition coefficient (Wildman–Crippen LogP) is 2.97. The maximum atomic E-state index is 5.68. The zero-order chi connectivity index (χ0) is 9.80. The summed E-state index contributed by atoms with van der Waals surface area (Å²) in [7, 11) is 1.78. The van der Waals surface area contributed by atoms with Gasteiger partial charge in [-0.15, -0.1) is 0 Å². The Labute approximate surface area is 87.0 Å². The molecule has 1 heterocycles. The molecule has 0 amide bonds. The van der Waals surface area contributed by atoms with Crippen LogP contribution in [0.3, 0.4) is 0 Å². The molecular formula is C12H22O2. The molecule has 0 radical (unpaired) electrons. The maximum absolute atomic E-state index is 5.68. The molecule has 1 saturated carbocycles. The molecule has 0 aromatic carbocycles. The van der Waals surface area contributed by atoms with E-state index in [0.717, 1.165) is 12.5 Å².